The van der Waals surface area contributed by atoms with Crippen LogP contribution >= 0.6 is 0 Å². The molecule has 0 saturated heterocycles. The summed E-state index contributed by atoms with van der Waals surface area (Å²) in [5, 5.41) is 13.7. The number of aliphatic hydroxyl groups is 1. The Hall–Kier alpha value is -2.02. The molecule has 0 radical (unpaired) electrons. The molecule has 140 valence electrons. The summed E-state index contributed by atoms with van der Waals surface area (Å²) >= 11 is 0. The molecule has 0 amide bonds. The molecular weight excluding hydrogens is 338 g/mol. The minimum atomic E-state index is -0.836. The van der Waals surface area contributed by atoms with Crippen molar-refractivity contribution in [3.8, 4) is 5.75 Å². The van der Waals surface area contributed by atoms with Crippen LogP contribution in [0.1, 0.15) is 29.2 Å². The number of rotatable bonds is 6. The summed E-state index contributed by atoms with van der Waals surface area (Å²) < 4.78 is 32.2. The fourth-order valence-electron chi connectivity index (χ4n) is 3.28. The lowest BCUT2D eigenvalue weighted by molar-refractivity contribution is 0.133. The first kappa shape index (κ1) is 18.8. The van der Waals surface area contributed by atoms with Gasteiger partial charge in [0.2, 0.25) is 0 Å². The Bertz CT molecular complexity index is 749. The van der Waals surface area contributed by atoms with Gasteiger partial charge < -0.3 is 20.9 Å². The Labute approximate surface area is 152 Å². The molecule has 2 aromatic carbocycles. The quantitative estimate of drug-likeness (QED) is 0.739. The lowest BCUT2D eigenvalue weighted by atomic mass is 9.97. The van der Waals surface area contributed by atoms with Gasteiger partial charge in [-0.25, -0.2) is 8.78 Å². The molecule has 3 rings (SSSR count). The summed E-state index contributed by atoms with van der Waals surface area (Å²) in [5.74, 6) is -0.434. The second-order valence-corrected chi connectivity index (χ2v) is 6.85. The summed E-state index contributed by atoms with van der Waals surface area (Å²) in [6, 6.07) is 8.78. The van der Waals surface area contributed by atoms with E-state index in [0.29, 0.717) is 12.2 Å². The van der Waals surface area contributed by atoms with Crippen LogP contribution in [-0.4, -0.2) is 30.4 Å². The molecule has 26 heavy (non-hydrogen) atoms. The number of halogens is 2. The molecule has 1 heterocycles. The standard InChI is InChI=1S/C20H24F2N2O2/c1-12-2-3-20-16(6-12)18(4-5-26-20)24-11-19(25)17(23)9-13-7-14(21)10-15(22)8-13/h2-3,6-8,10,17-19,24-25H,4-5,9,11,23H2,1H3/t17-,18-,19+/m0/s1. The van der Waals surface area contributed by atoms with E-state index in [1.807, 2.05) is 19.1 Å². The molecule has 2 aromatic rings. The summed E-state index contributed by atoms with van der Waals surface area (Å²) in [6.07, 6.45) is 0.159. The molecule has 0 saturated carbocycles. The third-order valence-corrected chi connectivity index (χ3v) is 4.67. The highest BCUT2D eigenvalue weighted by Crippen LogP contribution is 2.32. The van der Waals surface area contributed by atoms with Crippen molar-refractivity contribution < 1.29 is 18.6 Å². The van der Waals surface area contributed by atoms with Crippen LogP contribution in [-0.2, 0) is 6.42 Å². The number of aryl methyl sites for hydroxylation is 1. The van der Waals surface area contributed by atoms with Crippen molar-refractivity contribution in [1.29, 1.82) is 0 Å². The minimum Gasteiger partial charge on any atom is -0.493 e. The highest BCUT2D eigenvalue weighted by Gasteiger charge is 2.23. The summed E-state index contributed by atoms with van der Waals surface area (Å²) in [5.41, 5.74) is 8.67. The Morgan fingerprint density at radius 1 is 1.23 bits per heavy atom. The van der Waals surface area contributed by atoms with Gasteiger partial charge in [-0.1, -0.05) is 17.7 Å². The van der Waals surface area contributed by atoms with Gasteiger partial charge >= 0.3 is 0 Å². The summed E-state index contributed by atoms with van der Waals surface area (Å²) in [6.45, 7) is 2.92. The number of benzene rings is 2. The monoisotopic (exact) mass is 362 g/mol. The highest BCUT2D eigenvalue weighted by molar-refractivity contribution is 5.40. The largest absolute Gasteiger partial charge is 0.493 e. The number of ether oxygens (including phenoxy) is 1. The van der Waals surface area contributed by atoms with Crippen molar-refractivity contribution in [1.82, 2.24) is 5.32 Å². The molecule has 1 aliphatic rings. The van der Waals surface area contributed by atoms with Crippen molar-refractivity contribution in [3.05, 3.63) is 64.7 Å². The lowest BCUT2D eigenvalue weighted by Gasteiger charge is -2.29. The van der Waals surface area contributed by atoms with Crippen LogP contribution in [0.4, 0.5) is 8.78 Å². The van der Waals surface area contributed by atoms with Gasteiger partial charge in [-0.3, -0.25) is 0 Å². The molecular formula is C20H24F2N2O2. The molecule has 4 N–H and O–H groups in total. The predicted molar refractivity (Wildman–Crippen MR) is 96.1 cm³/mol. The van der Waals surface area contributed by atoms with E-state index in [9.17, 15) is 13.9 Å². The Morgan fingerprint density at radius 3 is 2.69 bits per heavy atom. The smallest absolute Gasteiger partial charge is 0.126 e. The van der Waals surface area contributed by atoms with Crippen LogP contribution in [0.3, 0.4) is 0 Å². The second-order valence-electron chi connectivity index (χ2n) is 6.85. The van der Waals surface area contributed by atoms with Crippen LogP contribution < -0.4 is 15.8 Å². The molecule has 4 nitrogen and oxygen atoms in total. The molecule has 0 aliphatic carbocycles. The number of hydrogen-bond acceptors (Lipinski definition) is 4. The van der Waals surface area contributed by atoms with Gasteiger partial charge in [0, 0.05) is 36.7 Å². The Morgan fingerprint density at radius 2 is 1.96 bits per heavy atom. The van der Waals surface area contributed by atoms with E-state index in [2.05, 4.69) is 11.4 Å². The van der Waals surface area contributed by atoms with Gasteiger partial charge in [-0.15, -0.1) is 0 Å². The SMILES string of the molecule is Cc1ccc2c(c1)[C@@H](NC[C@@H](O)[C@@H](N)Cc1cc(F)cc(F)c1)CCO2. The van der Waals surface area contributed by atoms with Gasteiger partial charge in [-0.2, -0.15) is 0 Å². The van der Waals surface area contributed by atoms with E-state index in [1.165, 1.54) is 12.1 Å². The second kappa shape index (κ2) is 8.12. The van der Waals surface area contributed by atoms with Gasteiger partial charge in [0.05, 0.1) is 12.7 Å². The number of fused-ring (bicyclic) bond motifs is 1. The van der Waals surface area contributed by atoms with Crippen molar-refractivity contribution in [2.24, 2.45) is 5.73 Å². The molecule has 3 atom stereocenters. The Kier molecular flexibility index (Phi) is 5.86. The average molecular weight is 362 g/mol. The van der Waals surface area contributed by atoms with Gasteiger partial charge in [0.15, 0.2) is 0 Å². The number of nitrogens with two attached hydrogens (primary N) is 1. The van der Waals surface area contributed by atoms with Gasteiger partial charge in [0.1, 0.15) is 17.4 Å². The fraction of sp³-hybridized carbons (Fsp3) is 0.400. The van der Waals surface area contributed by atoms with Crippen molar-refractivity contribution >= 4 is 0 Å². The molecule has 6 heteroatoms. The first-order chi connectivity index (χ1) is 12.4. The van der Waals surface area contributed by atoms with E-state index in [1.54, 1.807) is 0 Å². The van der Waals surface area contributed by atoms with Crippen LogP contribution in [0.5, 0.6) is 5.75 Å². The fourth-order valence-corrected chi connectivity index (χ4v) is 3.28. The zero-order chi connectivity index (χ0) is 18.7. The maximum absolute atomic E-state index is 13.3. The summed E-state index contributed by atoms with van der Waals surface area (Å²) in [4.78, 5) is 0. The van der Waals surface area contributed by atoms with E-state index < -0.39 is 23.8 Å². The third-order valence-electron chi connectivity index (χ3n) is 4.67. The first-order valence-corrected chi connectivity index (χ1v) is 8.77. The first-order valence-electron chi connectivity index (χ1n) is 8.77. The zero-order valence-electron chi connectivity index (χ0n) is 14.7. The predicted octanol–water partition coefficient (Wildman–Crippen LogP) is 2.62. The number of aliphatic hydroxyl groups excluding tert-OH is 1. The Balaban J connectivity index is 1.59. The summed E-state index contributed by atoms with van der Waals surface area (Å²) in [7, 11) is 0. The molecule has 0 spiro atoms. The number of nitrogens with one attached hydrogen (secondary N) is 1. The zero-order valence-corrected chi connectivity index (χ0v) is 14.7. The molecule has 0 fully saturated rings. The minimum absolute atomic E-state index is 0.0760. The normalized spacial score (nSPS) is 18.7. The van der Waals surface area contributed by atoms with Crippen molar-refractivity contribution in [2.45, 2.75) is 38.0 Å². The van der Waals surface area contributed by atoms with E-state index in [4.69, 9.17) is 10.5 Å². The molecule has 0 aromatic heterocycles. The van der Waals surface area contributed by atoms with E-state index >= 15 is 0 Å². The van der Waals surface area contributed by atoms with Gasteiger partial charge in [0.25, 0.3) is 0 Å². The van der Waals surface area contributed by atoms with Crippen LogP contribution in [0.25, 0.3) is 0 Å². The van der Waals surface area contributed by atoms with Crippen molar-refractivity contribution in [3.63, 3.8) is 0 Å². The third kappa shape index (κ3) is 4.58. The van der Waals surface area contributed by atoms with Crippen molar-refractivity contribution in [2.75, 3.05) is 13.2 Å². The highest BCUT2D eigenvalue weighted by atomic mass is 19.1. The molecule has 0 bridgehead atoms. The topological polar surface area (TPSA) is 67.5 Å². The van der Waals surface area contributed by atoms with Crippen LogP contribution in [0, 0.1) is 18.6 Å². The van der Waals surface area contributed by atoms with Crippen LogP contribution in [0.15, 0.2) is 36.4 Å². The van der Waals surface area contributed by atoms with Crippen LogP contribution in [0.2, 0.25) is 0 Å². The average Bonchev–Trinajstić information content (AvgIpc) is 2.58. The van der Waals surface area contributed by atoms with Gasteiger partial charge in [-0.05, 0) is 37.1 Å². The van der Waals surface area contributed by atoms with E-state index in [0.717, 1.165) is 29.4 Å². The maximum atomic E-state index is 13.3. The molecule has 0 unspecified atom stereocenters. The maximum Gasteiger partial charge on any atom is 0.126 e. The molecule has 1 aliphatic heterocycles. The lowest BCUT2D eigenvalue weighted by Crippen LogP contribution is -2.44. The number of hydrogen-bond donors (Lipinski definition) is 3. The van der Waals surface area contributed by atoms with E-state index in [-0.39, 0.29) is 19.0 Å².